The molecule has 120 valence electrons. The summed E-state index contributed by atoms with van der Waals surface area (Å²) in [5.74, 6) is 0.682. The molecule has 1 rings (SSSR count). The molecule has 0 amide bonds. The highest BCUT2D eigenvalue weighted by Crippen LogP contribution is 2.26. The molecule has 6 heteroatoms. The van der Waals surface area contributed by atoms with Crippen molar-refractivity contribution in [1.29, 1.82) is 0 Å². The van der Waals surface area contributed by atoms with Gasteiger partial charge in [-0.1, -0.05) is 34.6 Å². The van der Waals surface area contributed by atoms with Crippen LogP contribution in [0.2, 0.25) is 0 Å². The van der Waals surface area contributed by atoms with Crippen LogP contribution in [0, 0.1) is 11.3 Å². The molecule has 0 radical (unpaired) electrons. The normalized spacial score (nSPS) is 12.0. The van der Waals surface area contributed by atoms with Gasteiger partial charge in [0.15, 0.2) is 0 Å². The van der Waals surface area contributed by atoms with Crippen LogP contribution in [-0.2, 0) is 13.6 Å². The van der Waals surface area contributed by atoms with E-state index in [0.717, 1.165) is 11.0 Å². The third kappa shape index (κ3) is 3.49. The first-order valence-electron chi connectivity index (χ1n) is 7.46. The molecule has 0 spiro atoms. The fraction of sp³-hybridized carbons (Fsp3) is 0.733. The standard InChI is InChI=1S/C15H28N4O2/c1-7-8-19-12(16)11(13(20)18(6)14(19)21)17-9-15(4,5)10(2)3/h10,17H,7-9,16H2,1-6H3. The lowest BCUT2D eigenvalue weighted by Gasteiger charge is -2.30. The van der Waals surface area contributed by atoms with Gasteiger partial charge in [-0.3, -0.25) is 13.9 Å². The van der Waals surface area contributed by atoms with E-state index in [0.29, 0.717) is 24.7 Å². The predicted octanol–water partition coefficient (Wildman–Crippen LogP) is 1.63. The number of hydrogen-bond acceptors (Lipinski definition) is 4. The lowest BCUT2D eigenvalue weighted by Crippen LogP contribution is -2.41. The molecule has 1 aromatic heterocycles. The number of hydrogen-bond donors (Lipinski definition) is 2. The van der Waals surface area contributed by atoms with Crippen LogP contribution in [0.15, 0.2) is 9.59 Å². The minimum Gasteiger partial charge on any atom is -0.383 e. The molecule has 0 aliphatic rings. The lowest BCUT2D eigenvalue weighted by atomic mass is 9.81. The maximum Gasteiger partial charge on any atom is 0.332 e. The quantitative estimate of drug-likeness (QED) is 0.836. The summed E-state index contributed by atoms with van der Waals surface area (Å²) in [7, 11) is 1.48. The van der Waals surface area contributed by atoms with Crippen LogP contribution in [0.1, 0.15) is 41.0 Å². The van der Waals surface area contributed by atoms with Crippen molar-refractivity contribution in [3.8, 4) is 0 Å². The Kier molecular flexibility index (Phi) is 5.25. The molecule has 0 aliphatic heterocycles. The van der Waals surface area contributed by atoms with E-state index in [1.165, 1.54) is 11.6 Å². The molecule has 0 unspecified atom stereocenters. The molecule has 0 aliphatic carbocycles. The van der Waals surface area contributed by atoms with E-state index in [9.17, 15) is 9.59 Å². The van der Waals surface area contributed by atoms with Gasteiger partial charge in [0.2, 0.25) is 0 Å². The van der Waals surface area contributed by atoms with Gasteiger partial charge in [-0.15, -0.1) is 0 Å². The van der Waals surface area contributed by atoms with Crippen LogP contribution in [0.4, 0.5) is 11.5 Å². The third-order valence-corrected chi connectivity index (χ3v) is 4.31. The smallest absolute Gasteiger partial charge is 0.332 e. The van der Waals surface area contributed by atoms with Gasteiger partial charge in [0.25, 0.3) is 5.56 Å². The second-order valence-corrected chi connectivity index (χ2v) is 6.56. The Balaban J connectivity index is 3.25. The van der Waals surface area contributed by atoms with E-state index in [1.54, 1.807) is 0 Å². The molecule has 21 heavy (non-hydrogen) atoms. The largest absolute Gasteiger partial charge is 0.383 e. The average Bonchev–Trinajstić information content (AvgIpc) is 2.41. The molecule has 0 fully saturated rings. The summed E-state index contributed by atoms with van der Waals surface area (Å²) in [6.45, 7) is 11.6. The molecule has 0 bridgehead atoms. The van der Waals surface area contributed by atoms with Gasteiger partial charge in [-0.05, 0) is 17.8 Å². The number of anilines is 2. The molecular weight excluding hydrogens is 268 g/mol. The van der Waals surface area contributed by atoms with E-state index in [1.807, 2.05) is 6.92 Å². The molecule has 1 aromatic rings. The number of nitrogens with two attached hydrogens (primary N) is 1. The van der Waals surface area contributed by atoms with Gasteiger partial charge in [-0.25, -0.2) is 4.79 Å². The van der Waals surface area contributed by atoms with Crippen molar-refractivity contribution in [2.24, 2.45) is 18.4 Å². The van der Waals surface area contributed by atoms with Crippen molar-refractivity contribution in [2.75, 3.05) is 17.6 Å². The van der Waals surface area contributed by atoms with Crippen molar-refractivity contribution in [1.82, 2.24) is 9.13 Å². The molecular formula is C15H28N4O2. The van der Waals surface area contributed by atoms with Crippen molar-refractivity contribution >= 4 is 11.5 Å². The van der Waals surface area contributed by atoms with Crippen molar-refractivity contribution in [3.05, 3.63) is 20.8 Å². The summed E-state index contributed by atoms with van der Waals surface area (Å²) in [5.41, 5.74) is 5.63. The van der Waals surface area contributed by atoms with Crippen molar-refractivity contribution in [3.63, 3.8) is 0 Å². The Morgan fingerprint density at radius 1 is 1.29 bits per heavy atom. The van der Waals surface area contributed by atoms with Crippen LogP contribution in [0.5, 0.6) is 0 Å². The summed E-state index contributed by atoms with van der Waals surface area (Å²) in [5, 5.41) is 3.15. The van der Waals surface area contributed by atoms with Gasteiger partial charge in [0.1, 0.15) is 11.5 Å². The number of rotatable bonds is 6. The maximum absolute atomic E-state index is 12.3. The molecule has 6 nitrogen and oxygen atoms in total. The van der Waals surface area contributed by atoms with Crippen molar-refractivity contribution < 1.29 is 0 Å². The highest BCUT2D eigenvalue weighted by Gasteiger charge is 2.24. The first-order chi connectivity index (χ1) is 9.63. The fourth-order valence-corrected chi connectivity index (χ4v) is 1.91. The van der Waals surface area contributed by atoms with E-state index in [4.69, 9.17) is 5.73 Å². The van der Waals surface area contributed by atoms with Gasteiger partial charge in [-0.2, -0.15) is 0 Å². The zero-order valence-electron chi connectivity index (χ0n) is 14.0. The maximum atomic E-state index is 12.3. The molecule has 0 atom stereocenters. The molecule has 3 N–H and O–H groups in total. The highest BCUT2D eigenvalue weighted by molar-refractivity contribution is 5.60. The third-order valence-electron chi connectivity index (χ3n) is 4.31. The first-order valence-corrected chi connectivity index (χ1v) is 7.46. The van der Waals surface area contributed by atoms with E-state index < -0.39 is 0 Å². The Bertz CT molecular complexity index is 611. The molecule has 0 aromatic carbocycles. The fourth-order valence-electron chi connectivity index (χ4n) is 1.91. The van der Waals surface area contributed by atoms with Gasteiger partial charge < -0.3 is 11.1 Å². The summed E-state index contributed by atoms with van der Waals surface area (Å²) < 4.78 is 2.56. The van der Waals surface area contributed by atoms with Crippen LogP contribution < -0.4 is 22.3 Å². The number of nitrogens with one attached hydrogen (secondary N) is 1. The Hall–Kier alpha value is -1.72. The van der Waals surface area contributed by atoms with Crippen LogP contribution >= 0.6 is 0 Å². The first kappa shape index (κ1) is 17.3. The van der Waals surface area contributed by atoms with Gasteiger partial charge >= 0.3 is 5.69 Å². The van der Waals surface area contributed by atoms with E-state index in [-0.39, 0.29) is 22.5 Å². The summed E-state index contributed by atoms with van der Waals surface area (Å²) in [6.07, 6.45) is 0.777. The minimum absolute atomic E-state index is 0.0170. The van der Waals surface area contributed by atoms with Crippen LogP contribution in [0.25, 0.3) is 0 Å². The van der Waals surface area contributed by atoms with Crippen LogP contribution in [0.3, 0.4) is 0 Å². The monoisotopic (exact) mass is 296 g/mol. The van der Waals surface area contributed by atoms with Gasteiger partial charge in [0.05, 0.1) is 0 Å². The zero-order valence-corrected chi connectivity index (χ0v) is 14.0. The zero-order chi connectivity index (χ0) is 16.4. The van der Waals surface area contributed by atoms with Gasteiger partial charge in [0, 0.05) is 20.1 Å². The van der Waals surface area contributed by atoms with Crippen LogP contribution in [-0.4, -0.2) is 15.7 Å². The van der Waals surface area contributed by atoms with E-state index in [2.05, 4.69) is 33.0 Å². The Morgan fingerprint density at radius 3 is 2.33 bits per heavy atom. The summed E-state index contributed by atoms with van der Waals surface area (Å²) in [4.78, 5) is 24.3. The molecule has 0 saturated carbocycles. The van der Waals surface area contributed by atoms with E-state index >= 15 is 0 Å². The Labute approximate surface area is 126 Å². The predicted molar refractivity (Wildman–Crippen MR) is 87.8 cm³/mol. The molecule has 1 heterocycles. The second kappa shape index (κ2) is 6.37. The summed E-state index contributed by atoms with van der Waals surface area (Å²) >= 11 is 0. The highest BCUT2D eigenvalue weighted by atomic mass is 16.2. The SMILES string of the molecule is CCCn1c(N)c(NCC(C)(C)C(C)C)c(=O)n(C)c1=O. The minimum atomic E-state index is -0.371. The van der Waals surface area contributed by atoms with Crippen molar-refractivity contribution in [2.45, 2.75) is 47.6 Å². The Morgan fingerprint density at radius 2 is 1.86 bits per heavy atom. The summed E-state index contributed by atoms with van der Waals surface area (Å²) in [6, 6.07) is 0. The number of nitrogen functional groups attached to an aromatic ring is 1. The molecule has 0 saturated heterocycles. The lowest BCUT2D eigenvalue weighted by molar-refractivity contribution is 0.269. The average molecular weight is 296 g/mol. The second-order valence-electron chi connectivity index (χ2n) is 6.56. The topological polar surface area (TPSA) is 82.0 Å². The number of nitrogens with zero attached hydrogens (tertiary/aromatic N) is 2. The number of aromatic nitrogens is 2.